The standard InChI is InChI=1S/C33H39N2O2/c1-23-9-11-24(12-10-23)26-15-18-31-28(21-26)22-27(19-20-37-31)33(36)32(25-13-16-29(34)17-14-25)35(2,3)30-7-5-4-6-8-30/h9-18,21-22,30,32H,4-8,19-20,34H2,1-3H3/q+1. The van der Waals surface area contributed by atoms with Gasteiger partial charge in [-0.3, -0.25) is 4.79 Å². The van der Waals surface area contributed by atoms with Crippen molar-refractivity contribution < 1.29 is 14.0 Å². The van der Waals surface area contributed by atoms with Crippen molar-refractivity contribution >= 4 is 17.5 Å². The fourth-order valence-corrected chi connectivity index (χ4v) is 6.09. The first-order chi connectivity index (χ1) is 17.8. The number of hydrogen-bond donors (Lipinski definition) is 1. The number of nitrogens with two attached hydrogens (primary N) is 1. The second kappa shape index (κ2) is 10.5. The lowest BCUT2D eigenvalue weighted by Crippen LogP contribution is -2.54. The Kier molecular flexibility index (Phi) is 7.21. The van der Waals surface area contributed by atoms with Crippen LogP contribution in [0.25, 0.3) is 17.2 Å². The van der Waals surface area contributed by atoms with Crippen molar-refractivity contribution in [3.8, 4) is 16.9 Å². The third-order valence-electron chi connectivity index (χ3n) is 8.35. The smallest absolute Gasteiger partial charge is 0.220 e. The van der Waals surface area contributed by atoms with Crippen LogP contribution in [-0.4, -0.2) is 37.0 Å². The van der Waals surface area contributed by atoms with Gasteiger partial charge in [-0.25, -0.2) is 0 Å². The molecule has 0 spiro atoms. The number of hydrogen-bond acceptors (Lipinski definition) is 3. The fourth-order valence-electron chi connectivity index (χ4n) is 6.09. The molecule has 2 aliphatic rings. The van der Waals surface area contributed by atoms with Gasteiger partial charge in [-0.05, 0) is 74.1 Å². The minimum atomic E-state index is -0.281. The topological polar surface area (TPSA) is 52.3 Å². The van der Waals surface area contributed by atoms with E-state index in [1.165, 1.54) is 24.8 Å². The van der Waals surface area contributed by atoms with Gasteiger partial charge in [-0.15, -0.1) is 0 Å². The summed E-state index contributed by atoms with van der Waals surface area (Å²) in [7, 11) is 4.48. The monoisotopic (exact) mass is 495 g/mol. The van der Waals surface area contributed by atoms with Crippen LogP contribution in [0.1, 0.15) is 61.3 Å². The first-order valence-electron chi connectivity index (χ1n) is 13.6. The van der Waals surface area contributed by atoms with E-state index >= 15 is 0 Å². The Labute approximate surface area is 221 Å². The van der Waals surface area contributed by atoms with Gasteiger partial charge >= 0.3 is 0 Å². The highest BCUT2D eigenvalue weighted by atomic mass is 16.5. The molecule has 1 aliphatic heterocycles. The molecular weight excluding hydrogens is 456 g/mol. The lowest BCUT2D eigenvalue weighted by atomic mass is 9.86. The Hall–Kier alpha value is -3.37. The summed E-state index contributed by atoms with van der Waals surface area (Å²) in [5.74, 6) is 1.03. The van der Waals surface area contributed by atoms with Crippen molar-refractivity contribution in [1.29, 1.82) is 0 Å². The van der Waals surface area contributed by atoms with Crippen molar-refractivity contribution in [1.82, 2.24) is 0 Å². The highest BCUT2D eigenvalue weighted by molar-refractivity contribution is 6.03. The zero-order valence-corrected chi connectivity index (χ0v) is 22.4. The van der Waals surface area contributed by atoms with E-state index in [4.69, 9.17) is 10.5 Å². The van der Waals surface area contributed by atoms with Crippen molar-refractivity contribution in [3.63, 3.8) is 0 Å². The van der Waals surface area contributed by atoms with Gasteiger partial charge < -0.3 is 15.0 Å². The Morgan fingerprint density at radius 2 is 1.59 bits per heavy atom. The highest BCUT2D eigenvalue weighted by Gasteiger charge is 2.43. The molecule has 0 radical (unpaired) electrons. The van der Waals surface area contributed by atoms with Gasteiger partial charge in [0.2, 0.25) is 5.78 Å². The van der Waals surface area contributed by atoms with E-state index in [1.807, 2.05) is 30.3 Å². The normalized spacial score (nSPS) is 17.2. The first kappa shape index (κ1) is 25.3. The number of benzene rings is 3. The van der Waals surface area contributed by atoms with Crippen LogP contribution >= 0.6 is 0 Å². The van der Waals surface area contributed by atoms with Crippen LogP contribution in [0.5, 0.6) is 5.75 Å². The molecule has 1 fully saturated rings. The number of anilines is 1. The second-order valence-electron chi connectivity index (χ2n) is 11.2. The Morgan fingerprint density at radius 3 is 2.30 bits per heavy atom. The number of Topliss-reactive ketones (excluding diaryl/α,β-unsaturated/α-hetero) is 1. The molecular formula is C33H39N2O2+. The molecule has 4 nitrogen and oxygen atoms in total. The molecule has 4 heteroatoms. The van der Waals surface area contributed by atoms with E-state index in [0.717, 1.165) is 52.1 Å². The SMILES string of the molecule is Cc1ccc(-c2ccc3c(c2)C=C(C(=O)C(c2ccc(N)cc2)[N+](C)(C)C2CCCCC2)CCO3)cc1. The zero-order chi connectivity index (χ0) is 26.0. The van der Waals surface area contributed by atoms with Crippen LogP contribution in [0, 0.1) is 6.92 Å². The van der Waals surface area contributed by atoms with Crippen molar-refractivity contribution in [2.75, 3.05) is 26.4 Å². The van der Waals surface area contributed by atoms with Gasteiger partial charge in [0.25, 0.3) is 0 Å². The Bertz CT molecular complexity index is 1280. The number of aryl methyl sites for hydroxylation is 1. The predicted molar refractivity (Wildman–Crippen MR) is 152 cm³/mol. The van der Waals surface area contributed by atoms with Gasteiger partial charge in [-0.2, -0.15) is 0 Å². The number of ketones is 1. The fraction of sp³-hybridized carbons (Fsp3) is 0.364. The Balaban J connectivity index is 1.54. The molecule has 3 aromatic rings. The summed E-state index contributed by atoms with van der Waals surface area (Å²) < 4.78 is 6.78. The molecule has 0 bridgehead atoms. The lowest BCUT2D eigenvalue weighted by Gasteiger charge is -2.45. The number of nitrogens with zero attached hydrogens (tertiary/aromatic N) is 1. The van der Waals surface area contributed by atoms with Crippen LogP contribution < -0.4 is 10.5 Å². The summed E-state index contributed by atoms with van der Waals surface area (Å²) in [6, 6.07) is 22.9. The van der Waals surface area contributed by atoms with E-state index < -0.39 is 0 Å². The molecule has 1 saturated carbocycles. The summed E-state index contributed by atoms with van der Waals surface area (Å²) in [6.07, 6.45) is 8.77. The molecule has 0 saturated heterocycles. The third-order valence-corrected chi connectivity index (χ3v) is 8.35. The van der Waals surface area contributed by atoms with Gasteiger partial charge in [0.05, 0.1) is 26.7 Å². The number of likely N-dealkylation sites (N-methyl/N-ethyl adjacent to an activating group) is 1. The number of fused-ring (bicyclic) bond motifs is 1. The van der Waals surface area contributed by atoms with E-state index in [0.29, 0.717) is 23.6 Å². The number of quaternary nitrogens is 1. The molecule has 0 amide bonds. The minimum absolute atomic E-state index is 0.192. The molecule has 0 aromatic heterocycles. The molecule has 1 aliphatic carbocycles. The van der Waals surface area contributed by atoms with E-state index in [1.54, 1.807) is 0 Å². The maximum atomic E-state index is 14.5. The number of rotatable bonds is 6. The number of carbonyl (C=O) groups is 1. The number of nitrogen functional groups attached to an aromatic ring is 1. The number of carbonyl (C=O) groups excluding carboxylic acids is 1. The van der Waals surface area contributed by atoms with E-state index in [2.05, 4.69) is 63.5 Å². The van der Waals surface area contributed by atoms with Gasteiger partial charge in [0.1, 0.15) is 5.75 Å². The molecule has 1 unspecified atom stereocenters. The van der Waals surface area contributed by atoms with Crippen LogP contribution in [0.15, 0.2) is 72.3 Å². The van der Waals surface area contributed by atoms with Gasteiger partial charge in [0.15, 0.2) is 6.04 Å². The average Bonchev–Trinajstić information content (AvgIpc) is 3.13. The molecule has 1 atom stereocenters. The van der Waals surface area contributed by atoms with Crippen LogP contribution in [0.2, 0.25) is 0 Å². The molecule has 1 heterocycles. The zero-order valence-electron chi connectivity index (χ0n) is 22.4. The molecule has 2 N–H and O–H groups in total. The van der Waals surface area contributed by atoms with Crippen LogP contribution in [0.4, 0.5) is 5.69 Å². The minimum Gasteiger partial charge on any atom is -0.493 e. The lowest BCUT2D eigenvalue weighted by molar-refractivity contribution is -0.936. The average molecular weight is 496 g/mol. The first-order valence-corrected chi connectivity index (χ1v) is 13.6. The molecule has 5 rings (SSSR count). The summed E-state index contributed by atoms with van der Waals surface area (Å²) >= 11 is 0. The largest absolute Gasteiger partial charge is 0.493 e. The summed E-state index contributed by atoms with van der Waals surface area (Å²) in [4.78, 5) is 14.5. The van der Waals surface area contributed by atoms with Crippen molar-refractivity contribution in [2.24, 2.45) is 0 Å². The van der Waals surface area contributed by atoms with E-state index in [9.17, 15) is 4.79 Å². The quantitative estimate of drug-likeness (QED) is 0.292. The van der Waals surface area contributed by atoms with Gasteiger partial charge in [-0.1, -0.05) is 54.4 Å². The highest BCUT2D eigenvalue weighted by Crippen LogP contribution is 2.39. The maximum Gasteiger partial charge on any atom is 0.220 e. The van der Waals surface area contributed by atoms with Crippen molar-refractivity contribution in [2.45, 2.75) is 57.5 Å². The van der Waals surface area contributed by atoms with Crippen molar-refractivity contribution in [3.05, 3.63) is 89.0 Å². The Morgan fingerprint density at radius 1 is 0.919 bits per heavy atom. The van der Waals surface area contributed by atoms with E-state index in [-0.39, 0.29) is 11.8 Å². The molecule has 3 aromatic carbocycles. The third kappa shape index (κ3) is 5.35. The molecule has 192 valence electrons. The van der Waals surface area contributed by atoms with Crippen LogP contribution in [0.3, 0.4) is 0 Å². The second-order valence-corrected chi connectivity index (χ2v) is 11.2. The van der Waals surface area contributed by atoms with Crippen LogP contribution in [-0.2, 0) is 4.79 Å². The summed E-state index contributed by atoms with van der Waals surface area (Å²) in [5, 5.41) is 0. The molecule has 37 heavy (non-hydrogen) atoms. The summed E-state index contributed by atoms with van der Waals surface area (Å²) in [5.41, 5.74) is 13.1. The van der Waals surface area contributed by atoms with Gasteiger partial charge in [0, 0.05) is 28.8 Å². The predicted octanol–water partition coefficient (Wildman–Crippen LogP) is 7.13. The maximum absolute atomic E-state index is 14.5. The number of ether oxygens (including phenoxy) is 1. The summed E-state index contributed by atoms with van der Waals surface area (Å²) in [6.45, 7) is 2.60.